The van der Waals surface area contributed by atoms with Crippen LogP contribution in [0.1, 0.15) is 61.3 Å². The third-order valence-electron chi connectivity index (χ3n) is 1.61. The fourth-order valence-electron chi connectivity index (χ4n) is 0.974. The summed E-state index contributed by atoms with van der Waals surface area (Å²) in [6, 6.07) is 0. The second-order valence-corrected chi connectivity index (χ2v) is 4.71. The smallest absolute Gasteiger partial charge is 0.00965 e. The topological polar surface area (TPSA) is 12.0 Å². The van der Waals surface area contributed by atoms with Crippen LogP contribution in [0.2, 0.25) is 0 Å². The quantitative estimate of drug-likeness (QED) is 0.659. The third kappa shape index (κ3) is 18.7. The molecule has 0 aromatic carbocycles. The van der Waals surface area contributed by atoms with Gasteiger partial charge in [0.05, 0.1) is 0 Å². The molecule has 0 aliphatic rings. The molecule has 0 saturated carbocycles. The molecule has 0 atom stereocenters. The summed E-state index contributed by atoms with van der Waals surface area (Å²) in [6.07, 6.45) is 2.64. The van der Waals surface area contributed by atoms with Crippen LogP contribution >= 0.6 is 0 Å². The number of rotatable bonds is 4. The van der Waals surface area contributed by atoms with Crippen molar-refractivity contribution in [1.29, 1.82) is 0 Å². The lowest BCUT2D eigenvalue weighted by Crippen LogP contribution is -2.36. The molecule has 0 aromatic heterocycles. The van der Waals surface area contributed by atoms with Gasteiger partial charge in [-0.3, -0.25) is 0 Å². The van der Waals surface area contributed by atoms with Crippen LogP contribution in [0.25, 0.3) is 0 Å². The van der Waals surface area contributed by atoms with Crippen LogP contribution in [0.5, 0.6) is 0 Å². The summed E-state index contributed by atoms with van der Waals surface area (Å²) in [5.74, 6) is 0.844. The van der Waals surface area contributed by atoms with Crippen molar-refractivity contribution in [2.45, 2.75) is 66.8 Å². The van der Waals surface area contributed by atoms with Crippen molar-refractivity contribution >= 4 is 0 Å². The van der Waals surface area contributed by atoms with Crippen molar-refractivity contribution in [3.63, 3.8) is 0 Å². The predicted molar refractivity (Wildman–Crippen MR) is 63.2 cm³/mol. The van der Waals surface area contributed by atoms with E-state index in [4.69, 9.17) is 0 Å². The van der Waals surface area contributed by atoms with Crippen LogP contribution in [0.3, 0.4) is 0 Å². The standard InChI is InChI=1S/C10H23N.C2H6/c1-9(2)7-6-8-11-10(3,4)5;1-2/h9,11H,6-8H2,1-5H3;1-2H3. The normalized spacial score (nSPS) is 11.1. The Morgan fingerprint density at radius 1 is 1.08 bits per heavy atom. The van der Waals surface area contributed by atoms with Gasteiger partial charge in [-0.05, 0) is 46.1 Å². The molecule has 0 aromatic rings. The first kappa shape index (κ1) is 15.4. The molecule has 0 unspecified atom stereocenters. The minimum absolute atomic E-state index is 0.289. The zero-order chi connectivity index (χ0) is 10.9. The van der Waals surface area contributed by atoms with Gasteiger partial charge in [-0.2, -0.15) is 0 Å². The molecule has 0 amide bonds. The summed E-state index contributed by atoms with van der Waals surface area (Å²) in [5, 5.41) is 3.48. The fourth-order valence-corrected chi connectivity index (χ4v) is 0.974. The number of hydrogen-bond donors (Lipinski definition) is 1. The van der Waals surface area contributed by atoms with E-state index >= 15 is 0 Å². The van der Waals surface area contributed by atoms with Gasteiger partial charge < -0.3 is 5.32 Å². The Balaban J connectivity index is 0. The van der Waals surface area contributed by atoms with E-state index in [9.17, 15) is 0 Å². The molecule has 13 heavy (non-hydrogen) atoms. The molecule has 1 N–H and O–H groups in total. The minimum atomic E-state index is 0.289. The number of nitrogens with one attached hydrogen (secondary N) is 1. The van der Waals surface area contributed by atoms with Crippen molar-refractivity contribution < 1.29 is 0 Å². The highest BCUT2D eigenvalue weighted by Crippen LogP contribution is 2.04. The van der Waals surface area contributed by atoms with Crippen molar-refractivity contribution in [2.24, 2.45) is 5.92 Å². The second kappa shape index (κ2) is 8.55. The van der Waals surface area contributed by atoms with Gasteiger partial charge in [0, 0.05) is 5.54 Å². The summed E-state index contributed by atoms with van der Waals surface area (Å²) in [7, 11) is 0. The molecule has 0 aliphatic heterocycles. The molecule has 1 heteroatoms. The van der Waals surface area contributed by atoms with Crippen LogP contribution in [0, 0.1) is 5.92 Å². The first-order chi connectivity index (χ1) is 5.92. The van der Waals surface area contributed by atoms with Crippen LogP contribution in [0.4, 0.5) is 0 Å². The van der Waals surface area contributed by atoms with Crippen LogP contribution < -0.4 is 5.32 Å². The zero-order valence-electron chi connectivity index (χ0n) is 10.7. The van der Waals surface area contributed by atoms with Crippen molar-refractivity contribution in [3.05, 3.63) is 0 Å². The predicted octanol–water partition coefficient (Wildman–Crippen LogP) is 3.84. The van der Waals surface area contributed by atoms with Gasteiger partial charge in [0.2, 0.25) is 0 Å². The zero-order valence-corrected chi connectivity index (χ0v) is 10.7. The molecular formula is C12H29N. The van der Waals surface area contributed by atoms with E-state index in [0.717, 1.165) is 12.5 Å². The maximum absolute atomic E-state index is 3.48. The summed E-state index contributed by atoms with van der Waals surface area (Å²) in [6.45, 7) is 16.3. The largest absolute Gasteiger partial charge is 0.312 e. The van der Waals surface area contributed by atoms with E-state index in [1.165, 1.54) is 12.8 Å². The Morgan fingerprint density at radius 3 is 1.85 bits per heavy atom. The molecule has 0 rings (SSSR count). The Labute approximate surface area is 85.3 Å². The maximum Gasteiger partial charge on any atom is 0.00965 e. The molecule has 0 bridgehead atoms. The minimum Gasteiger partial charge on any atom is -0.312 e. The molecular weight excluding hydrogens is 158 g/mol. The molecule has 0 radical (unpaired) electrons. The Hall–Kier alpha value is -0.0400. The lowest BCUT2D eigenvalue weighted by molar-refractivity contribution is 0.407. The van der Waals surface area contributed by atoms with E-state index in [-0.39, 0.29) is 5.54 Å². The molecule has 0 saturated heterocycles. The van der Waals surface area contributed by atoms with E-state index in [1.54, 1.807) is 0 Å². The van der Waals surface area contributed by atoms with Gasteiger partial charge in [0.25, 0.3) is 0 Å². The molecule has 0 aliphatic carbocycles. The van der Waals surface area contributed by atoms with Gasteiger partial charge in [0.15, 0.2) is 0 Å². The van der Waals surface area contributed by atoms with Crippen molar-refractivity contribution in [2.75, 3.05) is 6.54 Å². The fraction of sp³-hybridized carbons (Fsp3) is 1.00. The van der Waals surface area contributed by atoms with E-state index in [0.29, 0.717) is 0 Å². The Kier molecular flexibility index (Phi) is 10.2. The average Bonchev–Trinajstić information content (AvgIpc) is 2.00. The van der Waals surface area contributed by atoms with Gasteiger partial charge in [-0.15, -0.1) is 0 Å². The third-order valence-corrected chi connectivity index (χ3v) is 1.61. The van der Waals surface area contributed by atoms with Crippen LogP contribution in [-0.4, -0.2) is 12.1 Å². The first-order valence-electron chi connectivity index (χ1n) is 5.67. The van der Waals surface area contributed by atoms with E-state index in [2.05, 4.69) is 39.9 Å². The lowest BCUT2D eigenvalue weighted by atomic mass is 10.1. The monoisotopic (exact) mass is 187 g/mol. The highest BCUT2D eigenvalue weighted by atomic mass is 14.9. The maximum atomic E-state index is 3.48. The van der Waals surface area contributed by atoms with Crippen LogP contribution in [-0.2, 0) is 0 Å². The summed E-state index contributed by atoms with van der Waals surface area (Å²) >= 11 is 0. The number of hydrogen-bond acceptors (Lipinski definition) is 1. The molecule has 1 nitrogen and oxygen atoms in total. The molecule has 82 valence electrons. The Morgan fingerprint density at radius 2 is 1.54 bits per heavy atom. The van der Waals surface area contributed by atoms with E-state index in [1.807, 2.05) is 13.8 Å². The molecule has 0 fully saturated rings. The van der Waals surface area contributed by atoms with Gasteiger partial charge in [-0.1, -0.05) is 27.7 Å². The first-order valence-corrected chi connectivity index (χ1v) is 5.67. The van der Waals surface area contributed by atoms with Gasteiger partial charge in [-0.25, -0.2) is 0 Å². The second-order valence-electron chi connectivity index (χ2n) is 4.71. The molecule has 0 heterocycles. The van der Waals surface area contributed by atoms with E-state index < -0.39 is 0 Å². The highest BCUT2D eigenvalue weighted by molar-refractivity contribution is 4.69. The van der Waals surface area contributed by atoms with Crippen LogP contribution in [0.15, 0.2) is 0 Å². The van der Waals surface area contributed by atoms with Gasteiger partial charge >= 0.3 is 0 Å². The SMILES string of the molecule is CC.CC(C)CCCNC(C)(C)C. The summed E-state index contributed by atoms with van der Waals surface area (Å²) in [4.78, 5) is 0. The highest BCUT2D eigenvalue weighted by Gasteiger charge is 2.06. The average molecular weight is 187 g/mol. The lowest BCUT2D eigenvalue weighted by Gasteiger charge is -2.20. The van der Waals surface area contributed by atoms with Crippen molar-refractivity contribution in [3.8, 4) is 0 Å². The summed E-state index contributed by atoms with van der Waals surface area (Å²) < 4.78 is 0. The molecule has 0 spiro atoms. The Bertz CT molecular complexity index is 89.8. The van der Waals surface area contributed by atoms with Crippen molar-refractivity contribution in [1.82, 2.24) is 5.32 Å². The van der Waals surface area contributed by atoms with Gasteiger partial charge in [0.1, 0.15) is 0 Å². The summed E-state index contributed by atoms with van der Waals surface area (Å²) in [5.41, 5.74) is 0.289.